The van der Waals surface area contributed by atoms with Crippen molar-refractivity contribution < 1.29 is 24.9 Å². The third kappa shape index (κ3) is 4.47. The van der Waals surface area contributed by atoms with Crippen LogP contribution < -0.4 is 5.32 Å². The van der Waals surface area contributed by atoms with Gasteiger partial charge in [-0.25, -0.2) is 4.79 Å². The van der Waals surface area contributed by atoms with Crippen molar-refractivity contribution in [2.24, 2.45) is 0 Å². The van der Waals surface area contributed by atoms with Crippen LogP contribution in [0.3, 0.4) is 0 Å². The largest absolute Gasteiger partial charge is 0.508 e. The molecular formula is C26H27NO5. The van der Waals surface area contributed by atoms with Crippen molar-refractivity contribution in [1.29, 1.82) is 0 Å². The number of phenolic OH excluding ortho intramolecular Hbond substituents is 1. The molecule has 2 unspecified atom stereocenters. The maximum absolute atomic E-state index is 12.2. The van der Waals surface area contributed by atoms with Crippen molar-refractivity contribution in [2.45, 2.75) is 31.5 Å². The summed E-state index contributed by atoms with van der Waals surface area (Å²) in [5.74, 6) is -0.100. The molecule has 6 nitrogen and oxygen atoms in total. The molecule has 0 radical (unpaired) electrons. The predicted octanol–water partition coefficient (Wildman–Crippen LogP) is 4.02. The summed E-state index contributed by atoms with van der Waals surface area (Å²) in [7, 11) is 0. The quantitative estimate of drug-likeness (QED) is 0.451. The van der Waals surface area contributed by atoms with Crippen molar-refractivity contribution in [2.75, 3.05) is 13.2 Å². The zero-order chi connectivity index (χ0) is 22.7. The number of carbonyl (C=O) groups excluding carboxylic acids is 1. The Kier molecular flexibility index (Phi) is 6.44. The molecule has 3 aromatic rings. The number of aliphatic hydroxyl groups is 2. The van der Waals surface area contributed by atoms with Crippen molar-refractivity contribution in [3.63, 3.8) is 0 Å². The zero-order valence-electron chi connectivity index (χ0n) is 17.9. The summed E-state index contributed by atoms with van der Waals surface area (Å²) in [6.45, 7) is 2.17. The minimum atomic E-state index is -1.25. The number of ether oxygens (including phenoxy) is 1. The summed E-state index contributed by atoms with van der Waals surface area (Å²) in [5.41, 5.74) is 5.72. The minimum absolute atomic E-state index is 0.0233. The smallest absolute Gasteiger partial charge is 0.407 e. The number of fused-ring (bicyclic) bond motifs is 3. The van der Waals surface area contributed by atoms with Gasteiger partial charge in [0.15, 0.2) is 0 Å². The number of rotatable bonds is 7. The highest BCUT2D eigenvalue weighted by atomic mass is 16.5. The number of aliphatic hydroxyl groups excluding tert-OH is 2. The summed E-state index contributed by atoms with van der Waals surface area (Å²) in [5, 5.41) is 33.1. The zero-order valence-corrected chi connectivity index (χ0v) is 17.9. The molecule has 1 amide bonds. The molecule has 0 aliphatic heterocycles. The van der Waals surface area contributed by atoms with Crippen LogP contribution in [-0.2, 0) is 4.74 Å². The molecular weight excluding hydrogens is 406 g/mol. The van der Waals surface area contributed by atoms with Crippen LogP contribution in [-0.4, -0.2) is 40.7 Å². The van der Waals surface area contributed by atoms with E-state index < -0.39 is 18.3 Å². The molecule has 1 aliphatic rings. The fourth-order valence-electron chi connectivity index (χ4n) is 4.25. The number of nitrogens with one attached hydrogen (secondary N) is 1. The first-order valence-corrected chi connectivity index (χ1v) is 10.7. The van der Waals surface area contributed by atoms with Gasteiger partial charge in [0.25, 0.3) is 0 Å². The van der Waals surface area contributed by atoms with Crippen LogP contribution in [0.1, 0.15) is 40.7 Å². The molecule has 4 rings (SSSR count). The van der Waals surface area contributed by atoms with E-state index in [2.05, 4.69) is 29.6 Å². The average Bonchev–Trinajstić information content (AvgIpc) is 3.12. The lowest BCUT2D eigenvalue weighted by atomic mass is 9.98. The number of aryl methyl sites for hydroxylation is 1. The third-order valence-electron chi connectivity index (χ3n) is 5.92. The molecule has 166 valence electrons. The van der Waals surface area contributed by atoms with Crippen LogP contribution in [0.2, 0.25) is 0 Å². The number of amides is 1. The highest BCUT2D eigenvalue weighted by Gasteiger charge is 2.29. The molecule has 6 heteroatoms. The second-order valence-electron chi connectivity index (χ2n) is 8.12. The fourth-order valence-corrected chi connectivity index (χ4v) is 4.25. The highest BCUT2D eigenvalue weighted by molar-refractivity contribution is 5.79. The summed E-state index contributed by atoms with van der Waals surface area (Å²) < 4.78 is 5.47. The Hall–Kier alpha value is -3.35. The Labute approximate surface area is 187 Å². The molecule has 4 N–H and O–H groups in total. The van der Waals surface area contributed by atoms with E-state index in [1.54, 1.807) is 12.1 Å². The van der Waals surface area contributed by atoms with Gasteiger partial charge in [-0.2, -0.15) is 0 Å². The van der Waals surface area contributed by atoms with E-state index in [0.29, 0.717) is 0 Å². The number of alkyl carbamates (subject to hydrolysis) is 1. The van der Waals surface area contributed by atoms with Gasteiger partial charge in [-0.05, 0) is 47.7 Å². The second-order valence-corrected chi connectivity index (χ2v) is 8.12. The Balaban J connectivity index is 1.29. The molecule has 0 saturated carbocycles. The maximum atomic E-state index is 12.2. The minimum Gasteiger partial charge on any atom is -0.508 e. The third-order valence-corrected chi connectivity index (χ3v) is 5.92. The Morgan fingerprint density at radius 1 is 1.00 bits per heavy atom. The van der Waals surface area contributed by atoms with E-state index in [4.69, 9.17) is 4.74 Å². The van der Waals surface area contributed by atoms with Crippen LogP contribution in [0.25, 0.3) is 11.1 Å². The number of hydrogen-bond acceptors (Lipinski definition) is 5. The Morgan fingerprint density at radius 2 is 1.62 bits per heavy atom. The van der Waals surface area contributed by atoms with Gasteiger partial charge in [0.1, 0.15) is 18.5 Å². The number of benzene rings is 3. The Bertz CT molecular complexity index is 1070. The van der Waals surface area contributed by atoms with Gasteiger partial charge in [-0.1, -0.05) is 60.2 Å². The molecule has 0 heterocycles. The highest BCUT2D eigenvalue weighted by Crippen LogP contribution is 2.44. The van der Waals surface area contributed by atoms with Crippen molar-refractivity contribution in [1.82, 2.24) is 5.32 Å². The number of phenols is 1. The summed E-state index contributed by atoms with van der Waals surface area (Å²) in [6, 6.07) is 21.1. The van der Waals surface area contributed by atoms with E-state index in [0.717, 1.165) is 27.8 Å². The first-order chi connectivity index (χ1) is 15.5. The summed E-state index contributed by atoms with van der Waals surface area (Å²) >= 11 is 0. The van der Waals surface area contributed by atoms with Crippen LogP contribution in [0.5, 0.6) is 5.75 Å². The van der Waals surface area contributed by atoms with Gasteiger partial charge < -0.3 is 25.4 Å². The van der Waals surface area contributed by atoms with Gasteiger partial charge in [-0.3, -0.25) is 0 Å². The standard InChI is InChI=1S/C26H27NO5/c1-16-10-11-23(28)21(14-16)25(30)24(29)12-13-27-26(31)32-15-22-19-8-4-2-6-17(19)18-7-3-5-9-20(18)22/h2-11,14,22,24-25,28-30H,12-13,15H2,1H3,(H,27,31). The van der Waals surface area contributed by atoms with Gasteiger partial charge in [0.05, 0.1) is 6.10 Å². The van der Waals surface area contributed by atoms with Crippen LogP contribution in [0.15, 0.2) is 66.7 Å². The van der Waals surface area contributed by atoms with Crippen LogP contribution in [0, 0.1) is 6.92 Å². The fraction of sp³-hybridized carbons (Fsp3) is 0.269. The molecule has 0 fully saturated rings. The van der Waals surface area contributed by atoms with Crippen molar-refractivity contribution in [3.05, 3.63) is 89.0 Å². The van der Waals surface area contributed by atoms with E-state index in [9.17, 15) is 20.1 Å². The van der Waals surface area contributed by atoms with Gasteiger partial charge in [0, 0.05) is 18.0 Å². The van der Waals surface area contributed by atoms with E-state index >= 15 is 0 Å². The first kappa shape index (κ1) is 21.9. The number of carbonyl (C=O) groups is 1. The summed E-state index contributed by atoms with van der Waals surface area (Å²) in [6.07, 6.45) is -2.86. The van der Waals surface area contributed by atoms with Gasteiger partial charge in [0.2, 0.25) is 0 Å². The van der Waals surface area contributed by atoms with Crippen LogP contribution in [0.4, 0.5) is 4.79 Å². The van der Waals surface area contributed by atoms with Crippen molar-refractivity contribution in [3.8, 4) is 16.9 Å². The molecule has 0 aromatic heterocycles. The van der Waals surface area contributed by atoms with Crippen molar-refractivity contribution >= 4 is 6.09 Å². The van der Waals surface area contributed by atoms with Gasteiger partial charge in [-0.15, -0.1) is 0 Å². The Morgan fingerprint density at radius 3 is 2.28 bits per heavy atom. The normalized spacial score (nSPS) is 14.3. The number of hydrogen-bond donors (Lipinski definition) is 4. The summed E-state index contributed by atoms with van der Waals surface area (Å²) in [4.78, 5) is 12.2. The lowest BCUT2D eigenvalue weighted by Gasteiger charge is -2.20. The van der Waals surface area contributed by atoms with Gasteiger partial charge >= 0.3 is 6.09 Å². The maximum Gasteiger partial charge on any atom is 0.407 e. The first-order valence-electron chi connectivity index (χ1n) is 10.7. The molecule has 32 heavy (non-hydrogen) atoms. The van der Waals surface area contributed by atoms with E-state index in [-0.39, 0.29) is 36.8 Å². The molecule has 0 saturated heterocycles. The lowest BCUT2D eigenvalue weighted by molar-refractivity contribution is 0.0123. The molecule has 3 aromatic carbocycles. The SMILES string of the molecule is Cc1ccc(O)c(C(O)C(O)CCNC(=O)OCC2c3ccccc3-c3ccccc32)c1. The lowest BCUT2D eigenvalue weighted by Crippen LogP contribution is -2.30. The van der Waals surface area contributed by atoms with E-state index in [1.165, 1.54) is 6.07 Å². The topological polar surface area (TPSA) is 99.0 Å². The van der Waals surface area contributed by atoms with E-state index in [1.807, 2.05) is 31.2 Å². The molecule has 2 atom stereocenters. The predicted molar refractivity (Wildman–Crippen MR) is 121 cm³/mol. The monoisotopic (exact) mass is 433 g/mol. The average molecular weight is 434 g/mol. The molecule has 0 bridgehead atoms. The molecule has 0 spiro atoms. The molecule has 1 aliphatic carbocycles. The number of aromatic hydroxyl groups is 1. The van der Waals surface area contributed by atoms with Crippen LogP contribution >= 0.6 is 0 Å². The second kappa shape index (κ2) is 9.42.